The van der Waals surface area contributed by atoms with Crippen molar-refractivity contribution in [1.29, 1.82) is 0 Å². The number of allylic oxidation sites excluding steroid dienone is 5. The average molecular weight is 348 g/mol. The molecule has 3 N–H and O–H groups in total. The first-order valence-electron chi connectivity index (χ1n) is 7.68. The van der Waals surface area contributed by atoms with Crippen molar-refractivity contribution < 1.29 is 4.39 Å². The summed E-state index contributed by atoms with van der Waals surface area (Å²) in [5.41, 5.74) is 6.55. The molecule has 0 saturated heterocycles. The van der Waals surface area contributed by atoms with Gasteiger partial charge < -0.3 is 11.1 Å². The summed E-state index contributed by atoms with van der Waals surface area (Å²) in [4.78, 5) is 16.7. The Kier molecular flexibility index (Phi) is 3.94. The standard InChI is InChI=1S/C17H13FN8/c18-11-6-7-13-12(9-11)15(22-10-21-13)26-16(19)24-17(25-26)23-14-5-3-1-2-4-8-20-14/h1-10H,(H3,19,20,23,24,25). The smallest absolute Gasteiger partial charge is 0.250 e. The van der Waals surface area contributed by atoms with Crippen molar-refractivity contribution in [3.8, 4) is 5.82 Å². The quantitative estimate of drug-likeness (QED) is 0.752. The SMILES string of the molecule is Nc1nc(NC2=CC=CC=CC=N2)nn1-c1ncnc2ccc(F)cc12. The number of nitrogens with one attached hydrogen (secondary N) is 1. The second-order valence-electron chi connectivity index (χ2n) is 5.29. The molecule has 26 heavy (non-hydrogen) atoms. The fraction of sp³-hybridized carbons (Fsp3) is 0. The van der Waals surface area contributed by atoms with Crippen LogP contribution in [0.3, 0.4) is 0 Å². The van der Waals surface area contributed by atoms with Crippen LogP contribution in [0.4, 0.5) is 16.3 Å². The maximum atomic E-state index is 13.6. The number of aromatic nitrogens is 5. The van der Waals surface area contributed by atoms with Crippen LogP contribution in [0.2, 0.25) is 0 Å². The van der Waals surface area contributed by atoms with Crippen LogP contribution < -0.4 is 11.1 Å². The lowest BCUT2D eigenvalue weighted by Gasteiger charge is -2.05. The summed E-state index contributed by atoms with van der Waals surface area (Å²) >= 11 is 0. The van der Waals surface area contributed by atoms with E-state index >= 15 is 0 Å². The molecular weight excluding hydrogens is 335 g/mol. The zero-order chi connectivity index (χ0) is 17.9. The lowest BCUT2D eigenvalue weighted by molar-refractivity contribution is 0.629. The van der Waals surface area contributed by atoms with Crippen molar-refractivity contribution in [3.63, 3.8) is 0 Å². The zero-order valence-corrected chi connectivity index (χ0v) is 13.4. The number of nitrogens with zero attached hydrogens (tertiary/aromatic N) is 6. The van der Waals surface area contributed by atoms with Gasteiger partial charge >= 0.3 is 0 Å². The number of anilines is 2. The number of nitrogen functional groups attached to an aromatic ring is 1. The second kappa shape index (κ2) is 6.55. The molecular formula is C17H13FN8. The molecule has 2 aromatic heterocycles. The fourth-order valence-electron chi connectivity index (χ4n) is 2.40. The Labute approximate surface area is 147 Å². The van der Waals surface area contributed by atoms with E-state index in [1.54, 1.807) is 24.4 Å². The molecule has 0 radical (unpaired) electrons. The van der Waals surface area contributed by atoms with E-state index in [-0.39, 0.29) is 11.9 Å². The van der Waals surface area contributed by atoms with Gasteiger partial charge in [-0.2, -0.15) is 9.67 Å². The molecule has 0 aliphatic carbocycles. The zero-order valence-electron chi connectivity index (χ0n) is 13.4. The van der Waals surface area contributed by atoms with E-state index in [0.717, 1.165) is 0 Å². The highest BCUT2D eigenvalue weighted by molar-refractivity contribution is 5.85. The van der Waals surface area contributed by atoms with Gasteiger partial charge in [-0.15, -0.1) is 5.10 Å². The van der Waals surface area contributed by atoms with Gasteiger partial charge in [-0.05, 0) is 30.4 Å². The highest BCUT2D eigenvalue weighted by atomic mass is 19.1. The highest BCUT2D eigenvalue weighted by Gasteiger charge is 2.14. The summed E-state index contributed by atoms with van der Waals surface area (Å²) < 4.78 is 15.0. The van der Waals surface area contributed by atoms with Gasteiger partial charge in [-0.1, -0.05) is 18.2 Å². The van der Waals surface area contributed by atoms with E-state index in [2.05, 4.69) is 30.4 Å². The van der Waals surface area contributed by atoms with E-state index in [1.807, 2.05) is 18.2 Å². The number of fused-ring (bicyclic) bond motifs is 1. The van der Waals surface area contributed by atoms with Gasteiger partial charge in [0, 0.05) is 11.6 Å². The summed E-state index contributed by atoms with van der Waals surface area (Å²) in [5.74, 6) is 0.820. The molecule has 8 nitrogen and oxygen atoms in total. The van der Waals surface area contributed by atoms with E-state index in [1.165, 1.54) is 23.1 Å². The van der Waals surface area contributed by atoms with Gasteiger partial charge in [-0.3, -0.25) is 0 Å². The highest BCUT2D eigenvalue weighted by Crippen LogP contribution is 2.22. The van der Waals surface area contributed by atoms with Crippen molar-refractivity contribution in [2.45, 2.75) is 0 Å². The van der Waals surface area contributed by atoms with E-state index in [9.17, 15) is 4.39 Å². The van der Waals surface area contributed by atoms with Crippen molar-refractivity contribution in [2.75, 3.05) is 11.1 Å². The van der Waals surface area contributed by atoms with Crippen molar-refractivity contribution in [2.24, 2.45) is 4.99 Å². The molecule has 9 heteroatoms. The summed E-state index contributed by atoms with van der Waals surface area (Å²) in [5, 5.41) is 7.76. The Bertz CT molecular complexity index is 1090. The van der Waals surface area contributed by atoms with Gasteiger partial charge in [0.2, 0.25) is 11.9 Å². The first-order chi connectivity index (χ1) is 12.7. The average Bonchev–Trinajstić information content (AvgIpc) is 2.97. The van der Waals surface area contributed by atoms with Gasteiger partial charge in [0.05, 0.1) is 5.52 Å². The molecule has 0 amide bonds. The summed E-state index contributed by atoms with van der Waals surface area (Å²) in [7, 11) is 0. The molecule has 0 bridgehead atoms. The Morgan fingerprint density at radius 1 is 1.08 bits per heavy atom. The van der Waals surface area contributed by atoms with Crippen LogP contribution in [0.15, 0.2) is 65.7 Å². The third-order valence-electron chi connectivity index (χ3n) is 3.54. The molecule has 0 spiro atoms. The third-order valence-corrected chi connectivity index (χ3v) is 3.54. The van der Waals surface area contributed by atoms with Crippen LogP contribution in [0.25, 0.3) is 16.7 Å². The molecule has 1 aliphatic heterocycles. The molecule has 3 aromatic rings. The second-order valence-corrected chi connectivity index (χ2v) is 5.29. The van der Waals surface area contributed by atoms with Gasteiger partial charge in [0.25, 0.3) is 0 Å². The van der Waals surface area contributed by atoms with Crippen LogP contribution in [-0.4, -0.2) is 30.9 Å². The number of nitrogens with two attached hydrogens (primary N) is 1. The van der Waals surface area contributed by atoms with Crippen LogP contribution in [0, 0.1) is 5.82 Å². The summed E-state index contributed by atoms with van der Waals surface area (Å²) in [6.07, 6.45) is 12.1. The Balaban J connectivity index is 1.73. The molecule has 128 valence electrons. The Hall–Kier alpha value is -3.88. The largest absolute Gasteiger partial charge is 0.368 e. The number of rotatable bonds is 3. The predicted octanol–water partition coefficient (Wildman–Crippen LogP) is 2.38. The molecule has 1 aromatic carbocycles. The fourth-order valence-corrected chi connectivity index (χ4v) is 2.40. The third kappa shape index (κ3) is 3.05. The van der Waals surface area contributed by atoms with Crippen LogP contribution in [-0.2, 0) is 0 Å². The minimum Gasteiger partial charge on any atom is -0.368 e. The lowest BCUT2D eigenvalue weighted by atomic mass is 10.2. The maximum Gasteiger partial charge on any atom is 0.250 e. The van der Waals surface area contributed by atoms with Crippen molar-refractivity contribution in [3.05, 3.63) is 66.5 Å². The first kappa shape index (κ1) is 15.6. The summed E-state index contributed by atoms with van der Waals surface area (Å²) in [6, 6.07) is 4.23. The first-order valence-corrected chi connectivity index (χ1v) is 7.68. The molecule has 3 heterocycles. The number of benzene rings is 1. The summed E-state index contributed by atoms with van der Waals surface area (Å²) in [6.45, 7) is 0. The molecule has 0 saturated carbocycles. The molecule has 0 fully saturated rings. The monoisotopic (exact) mass is 348 g/mol. The molecule has 4 rings (SSSR count). The maximum absolute atomic E-state index is 13.6. The topological polar surface area (TPSA) is 107 Å². The van der Waals surface area contributed by atoms with Crippen LogP contribution >= 0.6 is 0 Å². The lowest BCUT2D eigenvalue weighted by Crippen LogP contribution is -2.06. The molecule has 0 unspecified atom stereocenters. The minimum atomic E-state index is -0.403. The van der Waals surface area contributed by atoms with Gasteiger partial charge in [-0.25, -0.2) is 19.4 Å². The van der Waals surface area contributed by atoms with Crippen molar-refractivity contribution in [1.82, 2.24) is 24.7 Å². The van der Waals surface area contributed by atoms with Crippen LogP contribution in [0.5, 0.6) is 0 Å². The molecule has 1 aliphatic rings. The van der Waals surface area contributed by atoms with Gasteiger partial charge in [0.1, 0.15) is 18.0 Å². The van der Waals surface area contributed by atoms with E-state index in [0.29, 0.717) is 22.5 Å². The van der Waals surface area contributed by atoms with E-state index in [4.69, 9.17) is 5.73 Å². The van der Waals surface area contributed by atoms with Crippen LogP contribution in [0.1, 0.15) is 0 Å². The minimum absolute atomic E-state index is 0.0997. The Morgan fingerprint density at radius 2 is 1.96 bits per heavy atom. The molecule has 0 atom stereocenters. The number of halogens is 1. The van der Waals surface area contributed by atoms with E-state index < -0.39 is 5.82 Å². The number of aliphatic imine (C=N–C) groups is 1. The van der Waals surface area contributed by atoms with Gasteiger partial charge in [0.15, 0.2) is 5.82 Å². The normalized spacial score (nSPS) is 13.5. The predicted molar refractivity (Wildman–Crippen MR) is 97.3 cm³/mol. The number of hydrogen-bond acceptors (Lipinski definition) is 7. The van der Waals surface area contributed by atoms with Crippen molar-refractivity contribution >= 4 is 29.0 Å². The number of hydrogen-bond donors (Lipinski definition) is 2. The Morgan fingerprint density at radius 3 is 2.88 bits per heavy atom.